The van der Waals surface area contributed by atoms with E-state index in [-0.39, 0.29) is 18.4 Å². The van der Waals surface area contributed by atoms with Crippen LogP contribution in [0.5, 0.6) is 11.5 Å². The van der Waals surface area contributed by atoms with Crippen molar-refractivity contribution in [3.63, 3.8) is 0 Å². The second-order valence-electron chi connectivity index (χ2n) is 6.91. The molecule has 9 heteroatoms. The number of hydrogen-bond acceptors (Lipinski definition) is 6. The molecule has 8 nitrogen and oxygen atoms in total. The van der Waals surface area contributed by atoms with Gasteiger partial charge in [0.15, 0.2) is 0 Å². The molecule has 32 heavy (non-hydrogen) atoms. The second kappa shape index (κ2) is 9.61. The second-order valence-corrected chi connectivity index (χ2v) is 8.03. The molecule has 1 unspecified atom stereocenters. The third kappa shape index (κ3) is 4.47. The van der Waals surface area contributed by atoms with Crippen LogP contribution in [0.25, 0.3) is 6.08 Å². The fourth-order valence-electron chi connectivity index (χ4n) is 3.37. The van der Waals surface area contributed by atoms with Crippen molar-refractivity contribution in [1.82, 2.24) is 20.0 Å². The topological polar surface area (TPSA) is 85.7 Å². The number of imidazole rings is 1. The lowest BCUT2D eigenvalue weighted by molar-refractivity contribution is -0.138. The Labute approximate surface area is 189 Å². The lowest BCUT2D eigenvalue weighted by Crippen LogP contribution is -2.45. The van der Waals surface area contributed by atoms with Gasteiger partial charge in [-0.2, -0.15) is 0 Å². The maximum Gasteiger partial charge on any atom is 0.280 e. The number of hydrazine groups is 1. The molecule has 1 atom stereocenters. The highest BCUT2D eigenvalue weighted by molar-refractivity contribution is 8.04. The Bertz CT molecular complexity index is 1150. The largest absolute Gasteiger partial charge is 0.496 e. The summed E-state index contributed by atoms with van der Waals surface area (Å²) in [7, 11) is 3.16. The minimum Gasteiger partial charge on any atom is -0.496 e. The van der Waals surface area contributed by atoms with Crippen LogP contribution in [0.3, 0.4) is 0 Å². The van der Waals surface area contributed by atoms with Gasteiger partial charge in [0.25, 0.3) is 11.8 Å². The summed E-state index contributed by atoms with van der Waals surface area (Å²) in [5.41, 5.74) is 4.31. The number of ether oxygens (including phenoxy) is 2. The van der Waals surface area contributed by atoms with Crippen molar-refractivity contribution in [3.8, 4) is 11.5 Å². The predicted molar refractivity (Wildman–Crippen MR) is 122 cm³/mol. The Hall–Kier alpha value is -3.72. The van der Waals surface area contributed by atoms with E-state index < -0.39 is 5.37 Å². The van der Waals surface area contributed by atoms with Gasteiger partial charge in [-0.15, -0.1) is 0 Å². The van der Waals surface area contributed by atoms with E-state index in [1.165, 1.54) is 16.8 Å². The molecule has 2 aromatic carbocycles. The van der Waals surface area contributed by atoms with E-state index >= 15 is 0 Å². The number of carbonyl (C=O) groups excluding carboxylic acids is 2. The average Bonchev–Trinajstić information content (AvgIpc) is 3.43. The molecule has 1 aromatic heterocycles. The van der Waals surface area contributed by atoms with Gasteiger partial charge in [0, 0.05) is 23.5 Å². The van der Waals surface area contributed by atoms with Crippen LogP contribution in [0.4, 0.5) is 0 Å². The lowest BCUT2D eigenvalue weighted by atomic mass is 10.1. The molecule has 3 aromatic rings. The van der Waals surface area contributed by atoms with E-state index in [4.69, 9.17) is 9.47 Å². The molecule has 0 saturated carbocycles. The Morgan fingerprint density at radius 1 is 1.12 bits per heavy atom. The maximum absolute atomic E-state index is 13.4. The van der Waals surface area contributed by atoms with Gasteiger partial charge in [-0.25, -0.2) is 9.99 Å². The van der Waals surface area contributed by atoms with Crippen LogP contribution in [-0.4, -0.2) is 40.6 Å². The molecule has 0 bridgehead atoms. The molecular formula is C23H22N4O4S. The summed E-state index contributed by atoms with van der Waals surface area (Å²) in [6.45, 7) is 0.0403. The standard InChI is InChI=1S/C23H22N4O4S/c1-30-18-9-5-3-7-16(18)13-20-22(29)27(25-21(28)14-26-12-11-24-15-26)23(32-20)17-8-4-6-10-19(17)31-2/h3-13,15,23H,14H2,1-2H3,(H,25,28)/b20-13-. The monoisotopic (exact) mass is 450 g/mol. The zero-order valence-corrected chi connectivity index (χ0v) is 18.4. The number of benzene rings is 2. The molecule has 4 rings (SSSR count). The molecule has 2 heterocycles. The van der Waals surface area contributed by atoms with E-state index in [0.717, 1.165) is 11.1 Å². The Morgan fingerprint density at radius 3 is 2.56 bits per heavy atom. The van der Waals surface area contributed by atoms with Gasteiger partial charge in [0.1, 0.15) is 23.4 Å². The van der Waals surface area contributed by atoms with Gasteiger partial charge in [0.05, 0.1) is 25.5 Å². The zero-order chi connectivity index (χ0) is 22.5. The summed E-state index contributed by atoms with van der Waals surface area (Å²) in [5.74, 6) is 0.640. The molecule has 1 aliphatic heterocycles. The molecule has 164 valence electrons. The number of hydrogen-bond donors (Lipinski definition) is 1. The molecule has 0 spiro atoms. The molecular weight excluding hydrogens is 428 g/mol. The van der Waals surface area contributed by atoms with Crippen molar-refractivity contribution in [3.05, 3.63) is 83.3 Å². The maximum atomic E-state index is 13.4. The van der Waals surface area contributed by atoms with Gasteiger partial charge in [-0.1, -0.05) is 48.2 Å². The number of nitrogens with zero attached hydrogens (tertiary/aromatic N) is 3. The van der Waals surface area contributed by atoms with Crippen LogP contribution in [-0.2, 0) is 16.1 Å². The molecule has 1 saturated heterocycles. The summed E-state index contributed by atoms with van der Waals surface area (Å²) in [5, 5.41) is 0.856. The first-order valence-electron chi connectivity index (χ1n) is 9.83. The van der Waals surface area contributed by atoms with Crippen LogP contribution in [0.1, 0.15) is 16.5 Å². The van der Waals surface area contributed by atoms with Crippen LogP contribution in [0.2, 0.25) is 0 Å². The molecule has 0 aliphatic carbocycles. The highest BCUT2D eigenvalue weighted by Gasteiger charge is 2.40. The van der Waals surface area contributed by atoms with Crippen molar-refractivity contribution in [2.75, 3.05) is 14.2 Å². The van der Waals surface area contributed by atoms with Gasteiger partial charge >= 0.3 is 0 Å². The van der Waals surface area contributed by atoms with E-state index in [1.807, 2.05) is 48.5 Å². The van der Waals surface area contributed by atoms with Crippen molar-refractivity contribution in [1.29, 1.82) is 0 Å². The van der Waals surface area contributed by atoms with Crippen molar-refractivity contribution in [2.45, 2.75) is 11.9 Å². The van der Waals surface area contributed by atoms with E-state index in [0.29, 0.717) is 16.4 Å². The van der Waals surface area contributed by atoms with E-state index in [1.54, 1.807) is 43.6 Å². The van der Waals surface area contributed by atoms with Gasteiger partial charge in [-0.3, -0.25) is 15.0 Å². The van der Waals surface area contributed by atoms with Gasteiger partial charge in [-0.05, 0) is 18.2 Å². The van der Waals surface area contributed by atoms with Crippen LogP contribution < -0.4 is 14.9 Å². The summed E-state index contributed by atoms with van der Waals surface area (Å²) >= 11 is 1.34. The third-order valence-corrected chi connectivity index (χ3v) is 6.10. The number of aromatic nitrogens is 2. The van der Waals surface area contributed by atoms with E-state index in [2.05, 4.69) is 10.4 Å². The van der Waals surface area contributed by atoms with Gasteiger partial charge < -0.3 is 14.0 Å². The summed E-state index contributed by atoms with van der Waals surface area (Å²) < 4.78 is 12.5. The number of amides is 2. The highest BCUT2D eigenvalue weighted by Crippen LogP contribution is 2.48. The fourth-order valence-corrected chi connectivity index (χ4v) is 4.58. The molecule has 1 fully saturated rings. The van der Waals surface area contributed by atoms with Crippen LogP contribution in [0, 0.1) is 0 Å². The SMILES string of the molecule is COc1ccccc1/C=C1\SC(c2ccccc2OC)N(NC(=O)Cn2ccnc2)C1=O. The minimum absolute atomic E-state index is 0.0403. The van der Waals surface area contributed by atoms with Gasteiger partial charge in [0.2, 0.25) is 0 Å². The summed E-state index contributed by atoms with van der Waals surface area (Å²) in [6, 6.07) is 14.9. The zero-order valence-electron chi connectivity index (χ0n) is 17.6. The number of para-hydroxylation sites is 2. The average molecular weight is 451 g/mol. The predicted octanol–water partition coefficient (Wildman–Crippen LogP) is 3.25. The fraction of sp³-hybridized carbons (Fsp3) is 0.174. The first kappa shape index (κ1) is 21.5. The Kier molecular flexibility index (Phi) is 6.46. The van der Waals surface area contributed by atoms with Crippen LogP contribution in [0.15, 0.2) is 72.2 Å². The Balaban J connectivity index is 1.68. The first-order valence-corrected chi connectivity index (χ1v) is 10.7. The summed E-state index contributed by atoms with van der Waals surface area (Å²) in [6.07, 6.45) is 6.60. The van der Waals surface area contributed by atoms with Crippen LogP contribution >= 0.6 is 11.8 Å². The molecule has 0 radical (unpaired) electrons. The number of methoxy groups -OCH3 is 2. The number of thioether (sulfide) groups is 1. The number of carbonyl (C=O) groups is 2. The Morgan fingerprint density at radius 2 is 1.84 bits per heavy atom. The van der Waals surface area contributed by atoms with Crippen molar-refractivity contribution >= 4 is 29.7 Å². The summed E-state index contributed by atoms with van der Waals surface area (Å²) in [4.78, 5) is 30.5. The normalized spacial score (nSPS) is 16.9. The number of rotatable bonds is 7. The van der Waals surface area contributed by atoms with Crippen molar-refractivity contribution in [2.24, 2.45) is 0 Å². The van der Waals surface area contributed by atoms with E-state index in [9.17, 15) is 9.59 Å². The van der Waals surface area contributed by atoms with Crippen molar-refractivity contribution < 1.29 is 19.1 Å². The smallest absolute Gasteiger partial charge is 0.280 e. The number of nitrogens with one attached hydrogen (secondary N) is 1. The minimum atomic E-state index is -0.494. The highest BCUT2D eigenvalue weighted by atomic mass is 32.2. The third-order valence-electron chi connectivity index (χ3n) is 4.86. The molecule has 1 aliphatic rings. The first-order chi connectivity index (χ1) is 15.6. The molecule has 1 N–H and O–H groups in total. The molecule has 2 amide bonds. The quantitative estimate of drug-likeness (QED) is 0.556. The lowest BCUT2D eigenvalue weighted by Gasteiger charge is -2.25.